The molecule has 0 radical (unpaired) electrons. The highest BCUT2D eigenvalue weighted by molar-refractivity contribution is 9.10. The van der Waals surface area contributed by atoms with Gasteiger partial charge in [0, 0.05) is 0 Å². The second kappa shape index (κ2) is 4.27. The summed E-state index contributed by atoms with van der Waals surface area (Å²) in [5.74, 6) is -0.350. The van der Waals surface area contributed by atoms with Gasteiger partial charge in [0.2, 0.25) is 0 Å². The number of hydrogen-bond acceptors (Lipinski definition) is 5. The maximum atomic E-state index is 11.0. The molecule has 2 N–H and O–H groups in total. The monoisotopic (exact) mass is 248 g/mol. The van der Waals surface area contributed by atoms with Gasteiger partial charge in [-0.05, 0) is 22.9 Å². The van der Waals surface area contributed by atoms with Crippen LogP contribution >= 0.6 is 15.9 Å². The summed E-state index contributed by atoms with van der Waals surface area (Å²) < 4.78 is 9.97. The first kappa shape index (κ1) is 10.0. The smallest absolute Gasteiger partial charge is 0.312 e. The summed E-state index contributed by atoms with van der Waals surface area (Å²) in [5.41, 5.74) is 5.72. The molecule has 1 aromatic heterocycles. The zero-order chi connectivity index (χ0) is 9.84. The van der Waals surface area contributed by atoms with Gasteiger partial charge in [-0.1, -0.05) is 0 Å². The molecule has 0 aliphatic heterocycles. The van der Waals surface area contributed by atoms with Gasteiger partial charge >= 0.3 is 5.97 Å². The molecule has 0 aromatic carbocycles. The molecule has 0 amide bonds. The number of rotatable bonds is 3. The highest BCUT2D eigenvalue weighted by Gasteiger charge is 2.13. The van der Waals surface area contributed by atoms with Crippen molar-refractivity contribution in [2.45, 2.75) is 13.3 Å². The normalized spacial score (nSPS) is 10.0. The summed E-state index contributed by atoms with van der Waals surface area (Å²) >= 11 is 3.08. The predicted octanol–water partition coefficient (Wildman–Crippen LogP) is 1.12. The van der Waals surface area contributed by atoms with Crippen molar-refractivity contribution in [2.24, 2.45) is 0 Å². The van der Waals surface area contributed by atoms with E-state index in [0.717, 1.165) is 0 Å². The molecule has 5 nitrogen and oxygen atoms in total. The Morgan fingerprint density at radius 2 is 2.46 bits per heavy atom. The molecule has 0 bridgehead atoms. The second-order valence-corrected chi connectivity index (χ2v) is 2.97. The van der Waals surface area contributed by atoms with Gasteiger partial charge in [0.15, 0.2) is 4.67 Å². The predicted molar refractivity (Wildman–Crippen MR) is 49.0 cm³/mol. The molecular weight excluding hydrogens is 240 g/mol. The minimum atomic E-state index is -0.350. The summed E-state index contributed by atoms with van der Waals surface area (Å²) in [6.07, 6.45) is 0.0646. The van der Waals surface area contributed by atoms with E-state index in [9.17, 15) is 4.79 Å². The first-order valence-electron chi connectivity index (χ1n) is 3.69. The molecule has 0 fully saturated rings. The van der Waals surface area contributed by atoms with Gasteiger partial charge < -0.3 is 14.9 Å². The lowest BCUT2D eigenvalue weighted by molar-refractivity contribution is -0.142. The third-order valence-electron chi connectivity index (χ3n) is 1.28. The van der Waals surface area contributed by atoms with E-state index in [0.29, 0.717) is 17.0 Å². The number of esters is 1. The van der Waals surface area contributed by atoms with E-state index in [-0.39, 0.29) is 18.4 Å². The van der Waals surface area contributed by atoms with Gasteiger partial charge in [0.1, 0.15) is 5.69 Å². The summed E-state index contributed by atoms with van der Waals surface area (Å²) in [4.78, 5) is 14.8. The number of nitrogens with two attached hydrogens (primary N) is 1. The Morgan fingerprint density at radius 3 is 2.92 bits per heavy atom. The third-order valence-corrected chi connectivity index (χ3v) is 1.90. The summed E-state index contributed by atoms with van der Waals surface area (Å²) in [5, 5.41) is 0. The molecule has 1 aromatic rings. The van der Waals surface area contributed by atoms with Crippen molar-refractivity contribution < 1.29 is 13.9 Å². The Morgan fingerprint density at radius 1 is 1.77 bits per heavy atom. The van der Waals surface area contributed by atoms with Crippen LogP contribution in [0.25, 0.3) is 0 Å². The maximum Gasteiger partial charge on any atom is 0.312 e. The van der Waals surface area contributed by atoms with Gasteiger partial charge in [0.25, 0.3) is 6.01 Å². The van der Waals surface area contributed by atoms with Gasteiger partial charge in [-0.3, -0.25) is 4.79 Å². The third kappa shape index (κ3) is 2.73. The van der Waals surface area contributed by atoms with Crippen LogP contribution in [-0.2, 0) is 16.0 Å². The summed E-state index contributed by atoms with van der Waals surface area (Å²) in [7, 11) is 0. The van der Waals surface area contributed by atoms with Crippen molar-refractivity contribution in [3.63, 3.8) is 0 Å². The number of nitrogens with zero attached hydrogens (tertiary/aromatic N) is 1. The molecule has 0 saturated heterocycles. The number of ether oxygens (including phenoxy) is 1. The molecule has 1 heterocycles. The molecule has 72 valence electrons. The number of oxazole rings is 1. The SMILES string of the molecule is CCOC(=O)Cc1nc(N)oc1Br. The molecule has 0 unspecified atom stereocenters. The average molecular weight is 249 g/mol. The van der Waals surface area contributed by atoms with Crippen LogP contribution in [0.1, 0.15) is 12.6 Å². The lowest BCUT2D eigenvalue weighted by Gasteiger charge is -1.97. The first-order chi connectivity index (χ1) is 6.13. The number of nitrogen functional groups attached to an aromatic ring is 1. The molecule has 0 aliphatic carbocycles. The molecule has 0 saturated carbocycles. The Hall–Kier alpha value is -1.04. The van der Waals surface area contributed by atoms with Crippen molar-refractivity contribution in [3.8, 4) is 0 Å². The van der Waals surface area contributed by atoms with E-state index >= 15 is 0 Å². The van der Waals surface area contributed by atoms with Crippen LogP contribution in [0.2, 0.25) is 0 Å². The van der Waals surface area contributed by atoms with Crippen molar-refractivity contribution in [2.75, 3.05) is 12.3 Å². The number of carbonyl (C=O) groups is 1. The molecule has 0 aliphatic rings. The van der Waals surface area contributed by atoms with Crippen LogP contribution in [0.15, 0.2) is 9.09 Å². The van der Waals surface area contributed by atoms with Gasteiger partial charge in [0.05, 0.1) is 13.0 Å². The molecule has 13 heavy (non-hydrogen) atoms. The lowest BCUT2D eigenvalue weighted by Crippen LogP contribution is -2.08. The Bertz CT molecular complexity index is 311. The van der Waals surface area contributed by atoms with Gasteiger partial charge in [-0.25, -0.2) is 0 Å². The van der Waals surface area contributed by atoms with Crippen molar-refractivity contribution in [3.05, 3.63) is 10.4 Å². The quantitative estimate of drug-likeness (QED) is 0.812. The maximum absolute atomic E-state index is 11.0. The van der Waals surface area contributed by atoms with Crippen LogP contribution in [0.4, 0.5) is 6.01 Å². The van der Waals surface area contributed by atoms with Gasteiger partial charge in [-0.2, -0.15) is 4.98 Å². The fourth-order valence-electron chi connectivity index (χ4n) is 0.808. The highest BCUT2D eigenvalue weighted by atomic mass is 79.9. The number of hydrogen-bond donors (Lipinski definition) is 1. The topological polar surface area (TPSA) is 78.3 Å². The Labute approximate surface area is 83.4 Å². The van der Waals surface area contributed by atoms with Crippen LogP contribution in [0, 0.1) is 0 Å². The molecule has 0 atom stereocenters. The summed E-state index contributed by atoms with van der Waals surface area (Å²) in [6.45, 7) is 2.09. The zero-order valence-corrected chi connectivity index (χ0v) is 8.63. The first-order valence-corrected chi connectivity index (χ1v) is 4.49. The van der Waals surface area contributed by atoms with Crippen LogP contribution in [0.3, 0.4) is 0 Å². The molecule has 0 spiro atoms. The van der Waals surface area contributed by atoms with Crippen LogP contribution < -0.4 is 5.73 Å². The molecule has 6 heteroatoms. The second-order valence-electron chi connectivity index (χ2n) is 2.25. The number of anilines is 1. The van der Waals surface area contributed by atoms with E-state index in [1.165, 1.54) is 0 Å². The van der Waals surface area contributed by atoms with Gasteiger partial charge in [-0.15, -0.1) is 0 Å². The fraction of sp³-hybridized carbons (Fsp3) is 0.429. The van der Waals surface area contributed by atoms with Crippen LogP contribution in [0.5, 0.6) is 0 Å². The minimum Gasteiger partial charge on any atom is -0.466 e. The number of aromatic nitrogens is 1. The average Bonchev–Trinajstić information content (AvgIpc) is 2.30. The van der Waals surface area contributed by atoms with E-state index in [2.05, 4.69) is 20.9 Å². The number of halogens is 1. The Kier molecular flexibility index (Phi) is 3.30. The fourth-order valence-corrected chi connectivity index (χ4v) is 1.20. The van der Waals surface area contributed by atoms with E-state index in [4.69, 9.17) is 14.9 Å². The zero-order valence-electron chi connectivity index (χ0n) is 7.04. The minimum absolute atomic E-state index is 0.0335. The molecular formula is C7H9BrN2O3. The van der Waals surface area contributed by atoms with E-state index < -0.39 is 0 Å². The standard InChI is InChI=1S/C7H9BrN2O3/c1-2-12-5(11)3-4-6(8)13-7(9)10-4/h2-3H2,1H3,(H2,9,10). The van der Waals surface area contributed by atoms with Crippen molar-refractivity contribution >= 4 is 27.9 Å². The van der Waals surface area contributed by atoms with E-state index in [1.54, 1.807) is 6.92 Å². The molecule has 1 rings (SSSR count). The number of carbonyl (C=O) groups excluding carboxylic acids is 1. The lowest BCUT2D eigenvalue weighted by atomic mass is 10.3. The summed E-state index contributed by atoms with van der Waals surface area (Å²) in [6, 6.07) is 0.0335. The van der Waals surface area contributed by atoms with Crippen LogP contribution in [-0.4, -0.2) is 17.6 Å². The highest BCUT2D eigenvalue weighted by Crippen LogP contribution is 2.19. The van der Waals surface area contributed by atoms with Crippen molar-refractivity contribution in [1.82, 2.24) is 4.98 Å². The Balaban J connectivity index is 2.63. The van der Waals surface area contributed by atoms with Crippen molar-refractivity contribution in [1.29, 1.82) is 0 Å². The van der Waals surface area contributed by atoms with E-state index in [1.807, 2.05) is 0 Å². The largest absolute Gasteiger partial charge is 0.466 e.